The standard InChI is InChI=1S/C16H23N3O5/c1-16(11-21)10-12-8-14(19(22)23)13(9-15(12)24-16)18-4-2-17(3-5-18)6-7-20/h8-9,20-21H,2-7,10-11H2,1H3. The van der Waals surface area contributed by atoms with Gasteiger partial charge >= 0.3 is 0 Å². The molecule has 0 saturated carbocycles. The number of rotatable bonds is 5. The molecule has 0 radical (unpaired) electrons. The van der Waals surface area contributed by atoms with Crippen molar-refractivity contribution in [3.8, 4) is 5.75 Å². The third-order valence-corrected chi connectivity index (χ3v) is 4.74. The number of hydrogen-bond donors (Lipinski definition) is 2. The maximum absolute atomic E-state index is 11.5. The molecule has 2 aliphatic heterocycles. The molecule has 8 heteroatoms. The second-order valence-electron chi connectivity index (χ2n) is 6.64. The number of benzene rings is 1. The first-order chi connectivity index (χ1) is 11.5. The quantitative estimate of drug-likeness (QED) is 0.592. The Kier molecular flexibility index (Phi) is 4.62. The van der Waals surface area contributed by atoms with Crippen LogP contribution in [0.2, 0.25) is 0 Å². The predicted molar refractivity (Wildman–Crippen MR) is 88.7 cm³/mol. The van der Waals surface area contributed by atoms with Gasteiger partial charge in [-0.25, -0.2) is 0 Å². The minimum atomic E-state index is -0.714. The fourth-order valence-electron chi connectivity index (χ4n) is 3.38. The highest BCUT2D eigenvalue weighted by Gasteiger charge is 2.37. The topological polar surface area (TPSA) is 99.3 Å². The number of nitrogens with zero attached hydrogens (tertiary/aromatic N) is 3. The van der Waals surface area contributed by atoms with Crippen LogP contribution in [0.5, 0.6) is 5.75 Å². The molecule has 2 N–H and O–H groups in total. The lowest BCUT2D eigenvalue weighted by molar-refractivity contribution is -0.384. The highest BCUT2D eigenvalue weighted by atomic mass is 16.6. The molecule has 3 rings (SSSR count). The first-order valence-corrected chi connectivity index (χ1v) is 8.15. The number of nitro benzene ring substituents is 1. The molecular formula is C16H23N3O5. The van der Waals surface area contributed by atoms with Crippen molar-refractivity contribution in [2.45, 2.75) is 18.9 Å². The predicted octanol–water partition coefficient (Wildman–Crippen LogP) is 0.395. The zero-order chi connectivity index (χ0) is 17.3. The highest BCUT2D eigenvalue weighted by molar-refractivity contribution is 5.69. The average molecular weight is 337 g/mol. The lowest BCUT2D eigenvalue weighted by Crippen LogP contribution is -2.47. The summed E-state index contributed by atoms with van der Waals surface area (Å²) in [6.45, 7) is 5.24. The van der Waals surface area contributed by atoms with Crippen LogP contribution < -0.4 is 9.64 Å². The molecule has 0 aliphatic carbocycles. The van der Waals surface area contributed by atoms with Crippen LogP contribution in [0.1, 0.15) is 12.5 Å². The van der Waals surface area contributed by atoms with E-state index in [9.17, 15) is 15.2 Å². The third kappa shape index (κ3) is 3.17. The van der Waals surface area contributed by atoms with E-state index in [1.807, 2.05) is 4.90 Å². The van der Waals surface area contributed by atoms with E-state index in [0.717, 1.165) is 18.7 Å². The maximum Gasteiger partial charge on any atom is 0.293 e. The Morgan fingerprint density at radius 2 is 2.00 bits per heavy atom. The van der Waals surface area contributed by atoms with Crippen LogP contribution in [0.15, 0.2) is 12.1 Å². The van der Waals surface area contributed by atoms with Gasteiger partial charge in [-0.2, -0.15) is 0 Å². The molecule has 1 aromatic carbocycles. The molecule has 0 spiro atoms. The number of piperazine rings is 1. The molecule has 24 heavy (non-hydrogen) atoms. The Bertz CT molecular complexity index is 630. The molecule has 1 aromatic rings. The molecule has 0 aromatic heterocycles. The summed E-state index contributed by atoms with van der Waals surface area (Å²) in [6, 6.07) is 3.31. The van der Waals surface area contributed by atoms with Crippen LogP contribution in [0, 0.1) is 10.1 Å². The Morgan fingerprint density at radius 3 is 2.58 bits per heavy atom. The summed E-state index contributed by atoms with van der Waals surface area (Å²) in [4.78, 5) is 15.3. The van der Waals surface area contributed by atoms with E-state index in [2.05, 4.69) is 4.90 Å². The number of aliphatic hydroxyl groups excluding tert-OH is 2. The summed E-state index contributed by atoms with van der Waals surface area (Å²) < 4.78 is 5.83. The summed E-state index contributed by atoms with van der Waals surface area (Å²) in [7, 11) is 0. The normalized spacial score (nSPS) is 23.9. The third-order valence-electron chi connectivity index (χ3n) is 4.74. The van der Waals surface area contributed by atoms with Gasteiger partial charge in [0.1, 0.15) is 17.0 Å². The molecule has 0 bridgehead atoms. The second kappa shape index (κ2) is 6.54. The Labute approximate surface area is 140 Å². The maximum atomic E-state index is 11.5. The van der Waals surface area contributed by atoms with Crippen LogP contribution in [0.3, 0.4) is 0 Å². The van der Waals surface area contributed by atoms with E-state index in [0.29, 0.717) is 37.5 Å². The number of fused-ring (bicyclic) bond motifs is 1. The summed E-state index contributed by atoms with van der Waals surface area (Å²) in [6.07, 6.45) is 0.463. The molecule has 2 heterocycles. The SMILES string of the molecule is CC1(CO)Cc2cc([N+](=O)[O-])c(N3CCN(CCO)CC3)cc2O1. The van der Waals surface area contributed by atoms with Crippen molar-refractivity contribution < 1.29 is 19.9 Å². The molecule has 1 atom stereocenters. The van der Waals surface area contributed by atoms with Crippen molar-refractivity contribution in [2.75, 3.05) is 50.8 Å². The number of ether oxygens (including phenoxy) is 1. The Morgan fingerprint density at radius 1 is 1.29 bits per heavy atom. The molecule has 2 aliphatic rings. The van der Waals surface area contributed by atoms with E-state index >= 15 is 0 Å². The van der Waals surface area contributed by atoms with Crippen molar-refractivity contribution in [2.24, 2.45) is 0 Å². The molecular weight excluding hydrogens is 314 g/mol. The van der Waals surface area contributed by atoms with Gasteiger partial charge < -0.3 is 19.8 Å². The molecule has 1 unspecified atom stereocenters. The van der Waals surface area contributed by atoms with Crippen LogP contribution in [-0.2, 0) is 6.42 Å². The average Bonchev–Trinajstić information content (AvgIpc) is 2.90. The first-order valence-electron chi connectivity index (χ1n) is 8.15. The smallest absolute Gasteiger partial charge is 0.293 e. The molecule has 1 fully saturated rings. The van der Waals surface area contributed by atoms with E-state index in [4.69, 9.17) is 9.84 Å². The molecule has 8 nitrogen and oxygen atoms in total. The molecule has 0 amide bonds. The van der Waals surface area contributed by atoms with Gasteiger partial charge in [0, 0.05) is 56.8 Å². The van der Waals surface area contributed by atoms with Crippen molar-refractivity contribution in [1.82, 2.24) is 4.90 Å². The van der Waals surface area contributed by atoms with Crippen molar-refractivity contribution in [3.63, 3.8) is 0 Å². The van der Waals surface area contributed by atoms with Crippen molar-refractivity contribution >= 4 is 11.4 Å². The monoisotopic (exact) mass is 337 g/mol. The number of aliphatic hydroxyl groups is 2. The van der Waals surface area contributed by atoms with Crippen LogP contribution in [0.4, 0.5) is 11.4 Å². The van der Waals surface area contributed by atoms with Gasteiger partial charge in [0.2, 0.25) is 0 Å². The fourth-order valence-corrected chi connectivity index (χ4v) is 3.38. The van der Waals surface area contributed by atoms with E-state index < -0.39 is 5.60 Å². The molecule has 1 saturated heterocycles. The molecule has 132 valence electrons. The van der Waals surface area contributed by atoms with Gasteiger partial charge in [-0.15, -0.1) is 0 Å². The van der Waals surface area contributed by atoms with Crippen LogP contribution >= 0.6 is 0 Å². The van der Waals surface area contributed by atoms with Gasteiger partial charge in [0.25, 0.3) is 5.69 Å². The van der Waals surface area contributed by atoms with Crippen molar-refractivity contribution in [1.29, 1.82) is 0 Å². The number of anilines is 1. The zero-order valence-electron chi connectivity index (χ0n) is 13.8. The number of nitro groups is 1. The van der Waals surface area contributed by atoms with E-state index in [1.165, 1.54) is 0 Å². The Balaban J connectivity index is 1.86. The van der Waals surface area contributed by atoms with Crippen LogP contribution in [-0.4, -0.2) is 71.6 Å². The van der Waals surface area contributed by atoms with Gasteiger partial charge in [0.05, 0.1) is 18.1 Å². The van der Waals surface area contributed by atoms with Crippen molar-refractivity contribution in [3.05, 3.63) is 27.8 Å². The summed E-state index contributed by atoms with van der Waals surface area (Å²) in [5, 5.41) is 30.0. The fraction of sp³-hybridized carbons (Fsp3) is 0.625. The zero-order valence-corrected chi connectivity index (χ0v) is 13.8. The van der Waals surface area contributed by atoms with E-state index in [-0.39, 0.29) is 23.8 Å². The van der Waals surface area contributed by atoms with Gasteiger partial charge in [0.15, 0.2) is 0 Å². The largest absolute Gasteiger partial charge is 0.484 e. The summed E-state index contributed by atoms with van der Waals surface area (Å²) in [5.74, 6) is 0.616. The van der Waals surface area contributed by atoms with E-state index in [1.54, 1.807) is 19.1 Å². The minimum absolute atomic E-state index is 0.0788. The number of β-amino-alcohol motifs (C(OH)–C–C–N with tert-alkyl or cyclic N) is 1. The lowest BCUT2D eigenvalue weighted by atomic mass is 9.99. The van der Waals surface area contributed by atoms with Gasteiger partial charge in [-0.1, -0.05) is 0 Å². The first kappa shape index (κ1) is 16.9. The van der Waals surface area contributed by atoms with Gasteiger partial charge in [-0.05, 0) is 6.92 Å². The van der Waals surface area contributed by atoms with Crippen LogP contribution in [0.25, 0.3) is 0 Å². The lowest BCUT2D eigenvalue weighted by Gasteiger charge is -2.35. The number of hydrogen-bond acceptors (Lipinski definition) is 7. The highest BCUT2D eigenvalue weighted by Crippen LogP contribution is 2.42. The Hall–Kier alpha value is -1.90. The minimum Gasteiger partial charge on any atom is -0.484 e. The summed E-state index contributed by atoms with van der Waals surface area (Å²) >= 11 is 0. The second-order valence-corrected chi connectivity index (χ2v) is 6.64. The summed E-state index contributed by atoms with van der Waals surface area (Å²) in [5.41, 5.74) is 0.690. The van der Waals surface area contributed by atoms with Gasteiger partial charge in [-0.3, -0.25) is 15.0 Å².